The average molecular weight is 244 g/mol. The number of benzene rings is 1. The second-order valence-electron chi connectivity index (χ2n) is 3.91. The van der Waals surface area contributed by atoms with E-state index in [4.69, 9.17) is 10.6 Å². The fourth-order valence-corrected chi connectivity index (χ4v) is 1.77. The minimum Gasteiger partial charge on any atom is -0.497 e. The van der Waals surface area contributed by atoms with Crippen LogP contribution in [0.5, 0.6) is 5.75 Å². The SMILES string of the molecule is COc1cccc(CC(NN)c2cnccn2)c1. The maximum Gasteiger partial charge on any atom is 0.119 e. The summed E-state index contributed by atoms with van der Waals surface area (Å²) in [5.41, 5.74) is 4.71. The Labute approximate surface area is 106 Å². The molecule has 0 fully saturated rings. The molecule has 5 nitrogen and oxygen atoms in total. The van der Waals surface area contributed by atoms with Gasteiger partial charge in [-0.2, -0.15) is 0 Å². The lowest BCUT2D eigenvalue weighted by atomic mass is 10.0. The molecule has 2 aromatic rings. The summed E-state index contributed by atoms with van der Waals surface area (Å²) in [5.74, 6) is 6.41. The lowest BCUT2D eigenvalue weighted by molar-refractivity contribution is 0.413. The Bertz CT molecular complexity index is 489. The van der Waals surface area contributed by atoms with Crippen molar-refractivity contribution < 1.29 is 4.74 Å². The van der Waals surface area contributed by atoms with Crippen LogP contribution in [-0.4, -0.2) is 17.1 Å². The second-order valence-corrected chi connectivity index (χ2v) is 3.91. The highest BCUT2D eigenvalue weighted by Gasteiger charge is 2.12. The first kappa shape index (κ1) is 12.5. The summed E-state index contributed by atoms with van der Waals surface area (Å²) in [6.07, 6.45) is 5.74. The first-order valence-electron chi connectivity index (χ1n) is 5.68. The largest absolute Gasteiger partial charge is 0.497 e. The molecule has 1 heterocycles. The van der Waals surface area contributed by atoms with Gasteiger partial charge in [-0.1, -0.05) is 12.1 Å². The summed E-state index contributed by atoms with van der Waals surface area (Å²) in [6, 6.07) is 7.82. The van der Waals surface area contributed by atoms with Crippen molar-refractivity contribution >= 4 is 0 Å². The van der Waals surface area contributed by atoms with Crippen LogP contribution in [-0.2, 0) is 6.42 Å². The molecule has 0 spiro atoms. The number of ether oxygens (including phenoxy) is 1. The maximum absolute atomic E-state index is 5.57. The van der Waals surface area contributed by atoms with Gasteiger partial charge in [0.2, 0.25) is 0 Å². The predicted octanol–water partition coefficient (Wildman–Crippen LogP) is 1.23. The van der Waals surface area contributed by atoms with Crippen LogP contribution in [0.2, 0.25) is 0 Å². The Morgan fingerprint density at radius 1 is 1.39 bits per heavy atom. The molecule has 3 N–H and O–H groups in total. The number of hydrogen-bond donors (Lipinski definition) is 2. The topological polar surface area (TPSA) is 73.1 Å². The van der Waals surface area contributed by atoms with E-state index in [1.165, 1.54) is 0 Å². The number of rotatable bonds is 5. The van der Waals surface area contributed by atoms with Gasteiger partial charge in [0.15, 0.2) is 0 Å². The molecule has 1 atom stereocenters. The van der Waals surface area contributed by atoms with Gasteiger partial charge in [-0.3, -0.25) is 21.2 Å². The first-order chi connectivity index (χ1) is 8.83. The first-order valence-corrected chi connectivity index (χ1v) is 5.68. The van der Waals surface area contributed by atoms with Crippen molar-refractivity contribution in [3.8, 4) is 5.75 Å². The third kappa shape index (κ3) is 3.03. The van der Waals surface area contributed by atoms with Crippen molar-refractivity contribution in [3.63, 3.8) is 0 Å². The summed E-state index contributed by atoms with van der Waals surface area (Å²) in [5, 5.41) is 0. The monoisotopic (exact) mass is 244 g/mol. The zero-order valence-electron chi connectivity index (χ0n) is 10.2. The zero-order chi connectivity index (χ0) is 12.8. The van der Waals surface area contributed by atoms with E-state index >= 15 is 0 Å². The van der Waals surface area contributed by atoms with Gasteiger partial charge >= 0.3 is 0 Å². The molecule has 2 rings (SSSR count). The molecule has 0 aliphatic rings. The van der Waals surface area contributed by atoms with E-state index in [0.29, 0.717) is 0 Å². The van der Waals surface area contributed by atoms with Gasteiger partial charge in [0.05, 0.1) is 25.0 Å². The maximum atomic E-state index is 5.57. The van der Waals surface area contributed by atoms with Crippen LogP contribution in [0.25, 0.3) is 0 Å². The number of nitrogens with two attached hydrogens (primary N) is 1. The Balaban J connectivity index is 2.15. The predicted molar refractivity (Wildman–Crippen MR) is 68.8 cm³/mol. The van der Waals surface area contributed by atoms with Crippen LogP contribution < -0.4 is 16.0 Å². The van der Waals surface area contributed by atoms with Crippen LogP contribution in [0.15, 0.2) is 42.9 Å². The van der Waals surface area contributed by atoms with E-state index in [-0.39, 0.29) is 6.04 Å². The van der Waals surface area contributed by atoms with E-state index in [1.807, 2.05) is 24.3 Å². The Hall–Kier alpha value is -1.98. The quantitative estimate of drug-likeness (QED) is 0.611. The van der Waals surface area contributed by atoms with Gasteiger partial charge in [0.1, 0.15) is 5.75 Å². The Morgan fingerprint density at radius 3 is 2.94 bits per heavy atom. The van der Waals surface area contributed by atoms with E-state index in [2.05, 4.69) is 15.4 Å². The molecule has 0 bridgehead atoms. The van der Waals surface area contributed by atoms with Gasteiger partial charge in [0, 0.05) is 12.4 Å². The van der Waals surface area contributed by atoms with Gasteiger partial charge < -0.3 is 4.74 Å². The summed E-state index contributed by atoms with van der Waals surface area (Å²) in [4.78, 5) is 8.30. The van der Waals surface area contributed by atoms with Crippen molar-refractivity contribution in [3.05, 3.63) is 54.1 Å². The van der Waals surface area contributed by atoms with E-state index in [1.54, 1.807) is 25.7 Å². The third-order valence-corrected chi connectivity index (χ3v) is 2.72. The molecule has 0 radical (unpaired) electrons. The van der Waals surface area contributed by atoms with Crippen LogP contribution >= 0.6 is 0 Å². The minimum atomic E-state index is -0.0641. The highest BCUT2D eigenvalue weighted by atomic mass is 16.5. The fourth-order valence-electron chi connectivity index (χ4n) is 1.77. The molecule has 5 heteroatoms. The number of nitrogens with zero attached hydrogens (tertiary/aromatic N) is 2. The zero-order valence-corrected chi connectivity index (χ0v) is 10.2. The smallest absolute Gasteiger partial charge is 0.119 e. The molecule has 0 aliphatic carbocycles. The van der Waals surface area contributed by atoms with Gasteiger partial charge in [-0.15, -0.1) is 0 Å². The van der Waals surface area contributed by atoms with E-state index in [0.717, 1.165) is 23.4 Å². The van der Waals surface area contributed by atoms with Crippen molar-refractivity contribution in [2.45, 2.75) is 12.5 Å². The third-order valence-electron chi connectivity index (χ3n) is 2.72. The number of methoxy groups -OCH3 is 1. The highest BCUT2D eigenvalue weighted by Crippen LogP contribution is 2.18. The molecule has 0 saturated carbocycles. The van der Waals surface area contributed by atoms with Crippen LogP contribution in [0.3, 0.4) is 0 Å². The van der Waals surface area contributed by atoms with Crippen LogP contribution in [0, 0.1) is 0 Å². The molecule has 0 aliphatic heterocycles. The molecule has 1 aromatic carbocycles. The van der Waals surface area contributed by atoms with Gasteiger partial charge in [0.25, 0.3) is 0 Å². The molecular formula is C13H16N4O. The molecule has 1 aromatic heterocycles. The van der Waals surface area contributed by atoms with E-state index in [9.17, 15) is 0 Å². The summed E-state index contributed by atoms with van der Waals surface area (Å²) >= 11 is 0. The number of hydrazine groups is 1. The molecule has 1 unspecified atom stereocenters. The van der Waals surface area contributed by atoms with Crippen molar-refractivity contribution in [1.29, 1.82) is 0 Å². The lowest BCUT2D eigenvalue weighted by Crippen LogP contribution is -2.30. The molecule has 18 heavy (non-hydrogen) atoms. The van der Waals surface area contributed by atoms with E-state index < -0.39 is 0 Å². The number of hydrogen-bond acceptors (Lipinski definition) is 5. The summed E-state index contributed by atoms with van der Waals surface area (Å²) in [6.45, 7) is 0. The summed E-state index contributed by atoms with van der Waals surface area (Å²) < 4.78 is 5.20. The normalized spacial score (nSPS) is 12.1. The fraction of sp³-hybridized carbons (Fsp3) is 0.231. The average Bonchev–Trinajstić information content (AvgIpc) is 2.46. The standard InChI is InChI=1S/C13H16N4O/c1-18-11-4-2-3-10(7-11)8-12(17-14)13-9-15-5-6-16-13/h2-7,9,12,17H,8,14H2,1H3. The molecule has 0 amide bonds. The van der Waals surface area contributed by atoms with Crippen LogP contribution in [0.1, 0.15) is 17.3 Å². The van der Waals surface area contributed by atoms with Crippen LogP contribution in [0.4, 0.5) is 0 Å². The molecular weight excluding hydrogens is 228 g/mol. The van der Waals surface area contributed by atoms with Crippen molar-refractivity contribution in [1.82, 2.24) is 15.4 Å². The Kier molecular flexibility index (Phi) is 4.22. The molecule has 94 valence electrons. The number of nitrogens with one attached hydrogen (secondary N) is 1. The minimum absolute atomic E-state index is 0.0641. The molecule has 0 saturated heterocycles. The summed E-state index contributed by atoms with van der Waals surface area (Å²) in [7, 11) is 1.65. The van der Waals surface area contributed by atoms with Gasteiger partial charge in [-0.25, -0.2) is 0 Å². The lowest BCUT2D eigenvalue weighted by Gasteiger charge is -2.15. The Morgan fingerprint density at radius 2 is 2.28 bits per heavy atom. The van der Waals surface area contributed by atoms with Crippen molar-refractivity contribution in [2.24, 2.45) is 5.84 Å². The highest BCUT2D eigenvalue weighted by molar-refractivity contribution is 5.29. The van der Waals surface area contributed by atoms with Gasteiger partial charge in [-0.05, 0) is 24.1 Å². The second kappa shape index (κ2) is 6.09. The number of aromatic nitrogens is 2. The van der Waals surface area contributed by atoms with Crippen molar-refractivity contribution in [2.75, 3.05) is 7.11 Å².